The zero-order valence-electron chi connectivity index (χ0n) is 11.3. The van der Waals surface area contributed by atoms with Crippen molar-refractivity contribution in [3.63, 3.8) is 0 Å². The van der Waals surface area contributed by atoms with Crippen LogP contribution in [0.1, 0.15) is 41.6 Å². The Balaban J connectivity index is 1.60. The molecule has 0 bridgehead atoms. The first-order valence-electron chi connectivity index (χ1n) is 7.17. The zero-order chi connectivity index (χ0) is 13.2. The molecule has 1 amide bonds. The third-order valence-corrected chi connectivity index (χ3v) is 4.98. The van der Waals surface area contributed by atoms with Gasteiger partial charge >= 0.3 is 0 Å². The molecule has 1 aliphatic carbocycles. The van der Waals surface area contributed by atoms with Gasteiger partial charge in [0.15, 0.2) is 0 Å². The first kappa shape index (κ1) is 13.1. The number of hydrogen-bond acceptors (Lipinski definition) is 4. The molecule has 5 heteroatoms. The minimum absolute atomic E-state index is 0.135. The minimum atomic E-state index is 0.135. The number of rotatable bonds is 5. The van der Waals surface area contributed by atoms with E-state index in [9.17, 15) is 4.79 Å². The number of amides is 1. The second-order valence-corrected chi connectivity index (χ2v) is 6.93. The number of aromatic nitrogens is 1. The number of carbonyl (C=O) groups excluding carboxylic acids is 1. The second kappa shape index (κ2) is 5.59. The molecule has 0 aromatic carbocycles. The highest BCUT2D eigenvalue weighted by Crippen LogP contribution is 2.42. The van der Waals surface area contributed by atoms with Crippen LogP contribution in [0.2, 0.25) is 0 Å². The number of hydrogen-bond donors (Lipinski definition) is 2. The van der Waals surface area contributed by atoms with Gasteiger partial charge in [-0.3, -0.25) is 4.79 Å². The second-order valence-electron chi connectivity index (χ2n) is 5.66. The van der Waals surface area contributed by atoms with Gasteiger partial charge in [-0.15, -0.1) is 11.3 Å². The zero-order valence-corrected chi connectivity index (χ0v) is 12.1. The SMILES string of the molecule is Cc1cnc(C(NCC2CCCNC2=O)C2CC2)s1. The molecule has 2 unspecified atom stereocenters. The molecule has 2 aliphatic rings. The van der Waals surface area contributed by atoms with Crippen molar-refractivity contribution in [2.45, 2.75) is 38.6 Å². The van der Waals surface area contributed by atoms with Crippen molar-refractivity contribution >= 4 is 17.2 Å². The molecule has 3 rings (SSSR count). The van der Waals surface area contributed by atoms with Gasteiger partial charge in [0, 0.05) is 24.2 Å². The Morgan fingerprint density at radius 2 is 2.37 bits per heavy atom. The number of carbonyl (C=O) groups is 1. The lowest BCUT2D eigenvalue weighted by Crippen LogP contribution is -2.42. The van der Waals surface area contributed by atoms with Crippen LogP contribution < -0.4 is 10.6 Å². The van der Waals surface area contributed by atoms with Gasteiger partial charge in [-0.2, -0.15) is 0 Å². The first-order valence-corrected chi connectivity index (χ1v) is 7.99. The van der Waals surface area contributed by atoms with Gasteiger partial charge in [0.1, 0.15) is 5.01 Å². The average molecular weight is 279 g/mol. The van der Waals surface area contributed by atoms with Crippen LogP contribution in [0.25, 0.3) is 0 Å². The van der Waals surface area contributed by atoms with Crippen LogP contribution in [0.3, 0.4) is 0 Å². The fraction of sp³-hybridized carbons (Fsp3) is 0.714. The summed E-state index contributed by atoms with van der Waals surface area (Å²) in [6.45, 7) is 3.72. The fourth-order valence-electron chi connectivity index (χ4n) is 2.70. The molecule has 2 fully saturated rings. The van der Waals surface area contributed by atoms with E-state index in [1.807, 2.05) is 6.20 Å². The van der Waals surface area contributed by atoms with Crippen LogP contribution in [0, 0.1) is 18.8 Å². The van der Waals surface area contributed by atoms with Crippen molar-refractivity contribution < 1.29 is 4.79 Å². The monoisotopic (exact) mass is 279 g/mol. The van der Waals surface area contributed by atoms with E-state index in [0.29, 0.717) is 6.04 Å². The predicted octanol–water partition coefficient (Wildman–Crippen LogP) is 2.02. The normalized spacial score (nSPS) is 25.1. The standard InChI is InChI=1S/C14H21N3OS/c1-9-7-17-14(19-9)12(10-4-5-10)16-8-11-3-2-6-15-13(11)18/h7,10-12,16H,2-6,8H2,1H3,(H,15,18). The molecule has 2 heterocycles. The number of thiazole rings is 1. The van der Waals surface area contributed by atoms with Crippen LogP contribution in [-0.2, 0) is 4.79 Å². The largest absolute Gasteiger partial charge is 0.356 e. The van der Waals surface area contributed by atoms with Crippen LogP contribution in [0.15, 0.2) is 6.20 Å². The molecule has 0 spiro atoms. The van der Waals surface area contributed by atoms with E-state index >= 15 is 0 Å². The number of aryl methyl sites for hydroxylation is 1. The number of nitrogens with zero attached hydrogens (tertiary/aromatic N) is 1. The summed E-state index contributed by atoms with van der Waals surface area (Å²) < 4.78 is 0. The van der Waals surface area contributed by atoms with E-state index in [-0.39, 0.29) is 11.8 Å². The highest BCUT2D eigenvalue weighted by atomic mass is 32.1. The Morgan fingerprint density at radius 1 is 1.53 bits per heavy atom. The van der Waals surface area contributed by atoms with Gasteiger partial charge in [0.25, 0.3) is 0 Å². The maximum absolute atomic E-state index is 11.8. The lowest BCUT2D eigenvalue weighted by Gasteiger charge is -2.24. The summed E-state index contributed by atoms with van der Waals surface area (Å²) in [4.78, 5) is 17.5. The highest BCUT2D eigenvalue weighted by molar-refractivity contribution is 7.11. The molecule has 104 valence electrons. The maximum atomic E-state index is 11.8. The average Bonchev–Trinajstić information content (AvgIpc) is 3.14. The highest BCUT2D eigenvalue weighted by Gasteiger charge is 2.35. The van der Waals surface area contributed by atoms with E-state index in [2.05, 4.69) is 22.5 Å². The summed E-state index contributed by atoms with van der Waals surface area (Å²) in [7, 11) is 0. The Bertz CT molecular complexity index is 455. The van der Waals surface area contributed by atoms with Crippen molar-refractivity contribution in [1.82, 2.24) is 15.6 Å². The smallest absolute Gasteiger partial charge is 0.224 e. The van der Waals surface area contributed by atoms with E-state index in [1.165, 1.54) is 22.7 Å². The van der Waals surface area contributed by atoms with Gasteiger partial charge in [-0.05, 0) is 38.5 Å². The molecular formula is C14H21N3OS. The Kier molecular flexibility index (Phi) is 3.84. The lowest BCUT2D eigenvalue weighted by molar-refractivity contribution is -0.126. The van der Waals surface area contributed by atoms with Gasteiger partial charge in [0.2, 0.25) is 5.91 Å². The Hall–Kier alpha value is -0.940. The summed E-state index contributed by atoms with van der Waals surface area (Å²) in [5.74, 6) is 1.07. The number of piperidine rings is 1. The molecule has 1 saturated carbocycles. The van der Waals surface area contributed by atoms with Gasteiger partial charge in [-0.1, -0.05) is 0 Å². The molecule has 4 nitrogen and oxygen atoms in total. The van der Waals surface area contributed by atoms with Crippen molar-refractivity contribution in [1.29, 1.82) is 0 Å². The van der Waals surface area contributed by atoms with E-state index in [1.54, 1.807) is 11.3 Å². The first-order chi connectivity index (χ1) is 9.24. The van der Waals surface area contributed by atoms with Gasteiger partial charge in [-0.25, -0.2) is 4.98 Å². The maximum Gasteiger partial charge on any atom is 0.224 e. The molecule has 1 saturated heterocycles. The van der Waals surface area contributed by atoms with E-state index < -0.39 is 0 Å². The van der Waals surface area contributed by atoms with Crippen molar-refractivity contribution in [3.05, 3.63) is 16.1 Å². The predicted molar refractivity (Wildman–Crippen MR) is 76.1 cm³/mol. The molecule has 2 atom stereocenters. The molecule has 2 N–H and O–H groups in total. The van der Waals surface area contributed by atoms with Crippen LogP contribution in [-0.4, -0.2) is 24.0 Å². The van der Waals surface area contributed by atoms with Gasteiger partial charge < -0.3 is 10.6 Å². The Labute approximate surface area is 118 Å². The summed E-state index contributed by atoms with van der Waals surface area (Å²) in [5.41, 5.74) is 0. The summed E-state index contributed by atoms with van der Waals surface area (Å²) in [5, 5.41) is 7.74. The van der Waals surface area contributed by atoms with E-state index in [0.717, 1.165) is 31.8 Å². The molecule has 1 aromatic heterocycles. The molecule has 19 heavy (non-hydrogen) atoms. The summed E-state index contributed by atoms with van der Waals surface area (Å²) >= 11 is 1.78. The van der Waals surface area contributed by atoms with Gasteiger partial charge in [0.05, 0.1) is 12.0 Å². The molecule has 0 radical (unpaired) electrons. The molecular weight excluding hydrogens is 258 g/mol. The van der Waals surface area contributed by atoms with Crippen LogP contribution in [0.5, 0.6) is 0 Å². The van der Waals surface area contributed by atoms with Crippen molar-refractivity contribution in [2.24, 2.45) is 11.8 Å². The van der Waals surface area contributed by atoms with Crippen LogP contribution in [0.4, 0.5) is 0 Å². The van der Waals surface area contributed by atoms with Crippen molar-refractivity contribution in [3.8, 4) is 0 Å². The minimum Gasteiger partial charge on any atom is -0.356 e. The Morgan fingerprint density at radius 3 is 3.00 bits per heavy atom. The third-order valence-electron chi connectivity index (χ3n) is 3.98. The fourth-order valence-corrected chi connectivity index (χ4v) is 3.64. The topological polar surface area (TPSA) is 54.0 Å². The number of nitrogens with one attached hydrogen (secondary N) is 2. The quantitative estimate of drug-likeness (QED) is 0.867. The lowest BCUT2D eigenvalue weighted by atomic mass is 9.98. The summed E-state index contributed by atoms with van der Waals surface area (Å²) in [6.07, 6.45) is 6.63. The van der Waals surface area contributed by atoms with Crippen molar-refractivity contribution in [2.75, 3.05) is 13.1 Å². The molecule has 1 aromatic rings. The van der Waals surface area contributed by atoms with Crippen LogP contribution >= 0.6 is 11.3 Å². The van der Waals surface area contributed by atoms with E-state index in [4.69, 9.17) is 0 Å². The molecule has 1 aliphatic heterocycles. The summed E-state index contributed by atoms with van der Waals surface area (Å²) in [6, 6.07) is 0.355. The third kappa shape index (κ3) is 3.15.